The Morgan fingerprint density at radius 1 is 0.812 bits per heavy atom. The third-order valence-corrected chi connectivity index (χ3v) is 5.37. The molecule has 0 aliphatic carbocycles. The average molecular weight is 446 g/mol. The van der Waals surface area contributed by atoms with E-state index in [4.69, 9.17) is 11.6 Å². The molecule has 7 heteroatoms. The highest BCUT2D eigenvalue weighted by atomic mass is 35.5. The summed E-state index contributed by atoms with van der Waals surface area (Å²) in [6.45, 7) is 3.88. The topological polar surface area (TPSA) is 78.5 Å². The summed E-state index contributed by atoms with van der Waals surface area (Å²) in [7, 11) is 0. The lowest BCUT2D eigenvalue weighted by Crippen LogP contribution is -2.32. The van der Waals surface area contributed by atoms with Gasteiger partial charge in [-0.25, -0.2) is 4.90 Å². The van der Waals surface area contributed by atoms with E-state index in [2.05, 4.69) is 10.6 Å². The molecule has 32 heavy (non-hydrogen) atoms. The standard InChI is InChI=1S/C25H20ClN3O3/c1-15-6-10-18(11-7-15)28-23(30)17-4-3-5-19(14-17)27-22-21(26)24(31)29(25(22)32)20-12-8-16(2)9-13-20/h3-14,27H,1-2H3,(H,28,30). The Balaban J connectivity index is 1.53. The van der Waals surface area contributed by atoms with Gasteiger partial charge in [0.1, 0.15) is 10.7 Å². The third kappa shape index (κ3) is 4.26. The largest absolute Gasteiger partial charge is 0.350 e. The smallest absolute Gasteiger partial charge is 0.283 e. The summed E-state index contributed by atoms with van der Waals surface area (Å²) in [4.78, 5) is 39.2. The van der Waals surface area contributed by atoms with Crippen molar-refractivity contribution in [3.8, 4) is 0 Å². The molecule has 6 nitrogen and oxygen atoms in total. The van der Waals surface area contributed by atoms with Gasteiger partial charge in [-0.1, -0.05) is 53.1 Å². The summed E-state index contributed by atoms with van der Waals surface area (Å²) >= 11 is 6.20. The van der Waals surface area contributed by atoms with Gasteiger partial charge >= 0.3 is 0 Å². The van der Waals surface area contributed by atoms with Crippen molar-refractivity contribution in [3.05, 3.63) is 100 Å². The van der Waals surface area contributed by atoms with Crippen molar-refractivity contribution in [3.63, 3.8) is 0 Å². The molecule has 0 saturated carbocycles. The van der Waals surface area contributed by atoms with Crippen LogP contribution in [0, 0.1) is 13.8 Å². The molecule has 0 unspecified atom stereocenters. The number of halogens is 1. The molecule has 2 N–H and O–H groups in total. The van der Waals surface area contributed by atoms with Gasteiger partial charge in [-0.3, -0.25) is 14.4 Å². The van der Waals surface area contributed by atoms with E-state index in [0.717, 1.165) is 16.0 Å². The number of amides is 3. The highest BCUT2D eigenvalue weighted by molar-refractivity contribution is 6.53. The molecule has 4 rings (SSSR count). The van der Waals surface area contributed by atoms with Gasteiger partial charge in [0.2, 0.25) is 0 Å². The summed E-state index contributed by atoms with van der Waals surface area (Å²) in [5, 5.41) is 5.53. The summed E-state index contributed by atoms with van der Waals surface area (Å²) in [6.07, 6.45) is 0. The van der Waals surface area contributed by atoms with Gasteiger partial charge in [0.15, 0.2) is 0 Å². The molecule has 0 radical (unpaired) electrons. The Hall–Kier alpha value is -3.90. The molecule has 1 heterocycles. The first-order chi connectivity index (χ1) is 15.3. The lowest BCUT2D eigenvalue weighted by atomic mass is 10.1. The van der Waals surface area contributed by atoms with Gasteiger partial charge in [0.25, 0.3) is 17.7 Å². The maximum Gasteiger partial charge on any atom is 0.283 e. The van der Waals surface area contributed by atoms with E-state index in [-0.39, 0.29) is 16.6 Å². The van der Waals surface area contributed by atoms with Crippen LogP contribution in [-0.4, -0.2) is 17.7 Å². The number of hydrogen-bond donors (Lipinski definition) is 2. The van der Waals surface area contributed by atoms with E-state index >= 15 is 0 Å². The quantitative estimate of drug-likeness (QED) is 0.542. The van der Waals surface area contributed by atoms with Gasteiger partial charge in [-0.05, 0) is 56.3 Å². The first kappa shape index (κ1) is 21.3. The lowest BCUT2D eigenvalue weighted by Gasteiger charge is -2.15. The molecule has 0 fully saturated rings. The number of aryl methyl sites for hydroxylation is 2. The highest BCUT2D eigenvalue weighted by Crippen LogP contribution is 2.30. The molecule has 3 amide bonds. The van der Waals surface area contributed by atoms with Crippen molar-refractivity contribution in [1.29, 1.82) is 0 Å². The van der Waals surface area contributed by atoms with Crippen LogP contribution in [0.15, 0.2) is 83.5 Å². The van der Waals surface area contributed by atoms with E-state index in [1.54, 1.807) is 36.4 Å². The second-order valence-corrected chi connectivity index (χ2v) is 7.87. The van der Waals surface area contributed by atoms with Gasteiger partial charge in [0.05, 0.1) is 5.69 Å². The predicted molar refractivity (Wildman–Crippen MR) is 126 cm³/mol. The summed E-state index contributed by atoms with van der Waals surface area (Å²) in [5.41, 5.74) is 4.02. The van der Waals surface area contributed by atoms with E-state index in [0.29, 0.717) is 22.6 Å². The van der Waals surface area contributed by atoms with Crippen LogP contribution in [0.2, 0.25) is 0 Å². The molecule has 0 bridgehead atoms. The maximum atomic E-state index is 12.9. The molecule has 0 aromatic heterocycles. The van der Waals surface area contributed by atoms with Crippen molar-refractivity contribution in [2.24, 2.45) is 0 Å². The van der Waals surface area contributed by atoms with Crippen LogP contribution in [0.25, 0.3) is 0 Å². The highest BCUT2D eigenvalue weighted by Gasteiger charge is 2.38. The number of carbonyl (C=O) groups is 3. The molecule has 3 aromatic carbocycles. The Kier molecular flexibility index (Phi) is 5.79. The van der Waals surface area contributed by atoms with E-state index in [9.17, 15) is 14.4 Å². The van der Waals surface area contributed by atoms with Crippen molar-refractivity contribution in [2.45, 2.75) is 13.8 Å². The maximum absolute atomic E-state index is 12.9. The fraction of sp³-hybridized carbons (Fsp3) is 0.0800. The van der Waals surface area contributed by atoms with Crippen molar-refractivity contribution in [1.82, 2.24) is 0 Å². The first-order valence-corrected chi connectivity index (χ1v) is 10.3. The van der Waals surface area contributed by atoms with Crippen LogP contribution in [0.4, 0.5) is 17.1 Å². The first-order valence-electron chi connectivity index (χ1n) is 9.94. The third-order valence-electron chi connectivity index (χ3n) is 5.02. The molecule has 1 aliphatic rings. The summed E-state index contributed by atoms with van der Waals surface area (Å²) < 4.78 is 0. The number of hydrogen-bond acceptors (Lipinski definition) is 4. The monoisotopic (exact) mass is 445 g/mol. The van der Waals surface area contributed by atoms with Crippen LogP contribution in [-0.2, 0) is 9.59 Å². The molecule has 160 valence electrons. The molecule has 1 aliphatic heterocycles. The summed E-state index contributed by atoms with van der Waals surface area (Å²) in [5.74, 6) is -1.46. The minimum atomic E-state index is -0.601. The van der Waals surface area contributed by atoms with Gasteiger partial charge < -0.3 is 10.6 Å². The van der Waals surface area contributed by atoms with Gasteiger partial charge in [0, 0.05) is 16.9 Å². The normalized spacial score (nSPS) is 13.5. The van der Waals surface area contributed by atoms with Crippen LogP contribution in [0.5, 0.6) is 0 Å². The Labute approximate surface area is 190 Å². The minimum Gasteiger partial charge on any atom is -0.350 e. The number of imide groups is 1. The van der Waals surface area contributed by atoms with Crippen molar-refractivity contribution in [2.75, 3.05) is 15.5 Å². The van der Waals surface area contributed by atoms with Gasteiger partial charge in [-0.15, -0.1) is 0 Å². The second-order valence-electron chi connectivity index (χ2n) is 7.50. The van der Waals surface area contributed by atoms with Crippen LogP contribution in [0.3, 0.4) is 0 Å². The Morgan fingerprint density at radius 2 is 1.44 bits per heavy atom. The Bertz CT molecular complexity index is 1250. The van der Waals surface area contributed by atoms with E-state index < -0.39 is 11.8 Å². The van der Waals surface area contributed by atoms with Crippen LogP contribution >= 0.6 is 11.6 Å². The molecule has 3 aromatic rings. The van der Waals surface area contributed by atoms with Crippen molar-refractivity contribution < 1.29 is 14.4 Å². The second kappa shape index (κ2) is 8.69. The zero-order chi connectivity index (χ0) is 22.8. The summed E-state index contributed by atoms with van der Waals surface area (Å²) in [6, 6.07) is 21.1. The Morgan fingerprint density at radius 3 is 2.09 bits per heavy atom. The zero-order valence-corrected chi connectivity index (χ0v) is 18.2. The lowest BCUT2D eigenvalue weighted by molar-refractivity contribution is -0.120. The number of nitrogens with one attached hydrogen (secondary N) is 2. The number of rotatable bonds is 5. The van der Waals surface area contributed by atoms with E-state index in [1.807, 2.05) is 50.2 Å². The molecule has 0 spiro atoms. The minimum absolute atomic E-state index is 0.0339. The SMILES string of the molecule is Cc1ccc(NC(=O)c2cccc(NC3=C(Cl)C(=O)N(c4ccc(C)cc4)C3=O)c2)cc1. The molecule has 0 saturated heterocycles. The number of carbonyl (C=O) groups excluding carboxylic acids is 3. The van der Waals surface area contributed by atoms with Crippen LogP contribution in [0.1, 0.15) is 21.5 Å². The zero-order valence-electron chi connectivity index (χ0n) is 17.5. The fourth-order valence-corrected chi connectivity index (χ4v) is 3.47. The predicted octanol–water partition coefficient (Wildman–Crippen LogP) is 4.99. The van der Waals surface area contributed by atoms with Crippen molar-refractivity contribution >= 4 is 46.4 Å². The molecule has 0 atom stereocenters. The average Bonchev–Trinajstić information content (AvgIpc) is 2.99. The number of anilines is 3. The number of benzene rings is 3. The van der Waals surface area contributed by atoms with Crippen LogP contribution < -0.4 is 15.5 Å². The van der Waals surface area contributed by atoms with E-state index in [1.165, 1.54) is 0 Å². The van der Waals surface area contributed by atoms with Gasteiger partial charge in [-0.2, -0.15) is 0 Å². The molecular weight excluding hydrogens is 426 g/mol. The fourth-order valence-electron chi connectivity index (χ4n) is 3.26. The number of nitrogens with zero attached hydrogens (tertiary/aromatic N) is 1. The molecular formula is C25H20ClN3O3.